The van der Waals surface area contributed by atoms with E-state index in [0.29, 0.717) is 36.8 Å². The minimum atomic E-state index is 0.351. The van der Waals surface area contributed by atoms with E-state index in [1.807, 2.05) is 67.6 Å². The Labute approximate surface area is 182 Å². The average Bonchev–Trinajstić information content (AvgIpc) is 2.82. The predicted octanol–water partition coefficient (Wildman–Crippen LogP) is 4.67. The molecule has 0 fully saturated rings. The van der Waals surface area contributed by atoms with E-state index in [9.17, 15) is 0 Å². The van der Waals surface area contributed by atoms with Crippen molar-refractivity contribution in [2.75, 3.05) is 13.7 Å². The fourth-order valence-corrected chi connectivity index (χ4v) is 2.98. The number of nitriles is 1. The van der Waals surface area contributed by atoms with Crippen LogP contribution in [0.25, 0.3) is 0 Å². The molecule has 0 saturated carbocycles. The molecule has 0 aliphatic rings. The topological polar surface area (TPSA) is 75.9 Å². The Bertz CT molecular complexity index is 1070. The van der Waals surface area contributed by atoms with Gasteiger partial charge in [0.15, 0.2) is 11.5 Å². The summed E-state index contributed by atoms with van der Waals surface area (Å²) in [6, 6.07) is 23.0. The number of nitrogens with one attached hydrogen (secondary N) is 1. The summed E-state index contributed by atoms with van der Waals surface area (Å²) in [5.41, 5.74) is 6.49. The highest BCUT2D eigenvalue weighted by Crippen LogP contribution is 2.29. The van der Waals surface area contributed by atoms with E-state index in [-0.39, 0.29) is 0 Å². The van der Waals surface area contributed by atoms with E-state index in [1.165, 1.54) is 0 Å². The van der Waals surface area contributed by atoms with Crippen molar-refractivity contribution in [1.82, 2.24) is 5.43 Å². The molecule has 0 amide bonds. The molecular formula is C25H25N3O3. The first-order valence-electron chi connectivity index (χ1n) is 10.00. The van der Waals surface area contributed by atoms with E-state index in [0.717, 1.165) is 22.4 Å². The van der Waals surface area contributed by atoms with Crippen LogP contribution < -0.4 is 19.6 Å². The lowest BCUT2D eigenvalue weighted by atomic mass is 10.1. The zero-order valence-electron chi connectivity index (χ0n) is 17.7. The van der Waals surface area contributed by atoms with Crippen LogP contribution in [0, 0.1) is 11.3 Å². The summed E-state index contributed by atoms with van der Waals surface area (Å²) in [5, 5.41) is 13.3. The smallest absolute Gasteiger partial charge is 0.161 e. The normalized spacial score (nSPS) is 10.5. The van der Waals surface area contributed by atoms with Crippen LogP contribution >= 0.6 is 0 Å². The van der Waals surface area contributed by atoms with Gasteiger partial charge in [-0.15, -0.1) is 0 Å². The highest BCUT2D eigenvalue weighted by atomic mass is 16.5. The molecule has 0 heterocycles. The quantitative estimate of drug-likeness (QED) is 0.385. The van der Waals surface area contributed by atoms with E-state index in [4.69, 9.17) is 19.5 Å². The van der Waals surface area contributed by atoms with Crippen molar-refractivity contribution < 1.29 is 14.2 Å². The van der Waals surface area contributed by atoms with Crippen molar-refractivity contribution in [2.24, 2.45) is 5.10 Å². The zero-order chi connectivity index (χ0) is 21.9. The van der Waals surface area contributed by atoms with Gasteiger partial charge in [0.25, 0.3) is 0 Å². The summed E-state index contributed by atoms with van der Waals surface area (Å²) in [6.45, 7) is 3.36. The van der Waals surface area contributed by atoms with Gasteiger partial charge < -0.3 is 19.6 Å². The molecule has 0 radical (unpaired) electrons. The maximum atomic E-state index is 9.04. The minimum absolute atomic E-state index is 0.351. The number of rotatable bonds is 10. The molecule has 0 unspecified atom stereocenters. The Hall–Kier alpha value is -3.98. The lowest BCUT2D eigenvalue weighted by Crippen LogP contribution is -2.07. The Morgan fingerprint density at radius 1 is 0.968 bits per heavy atom. The molecule has 3 aromatic rings. The first kappa shape index (κ1) is 21.7. The molecular weight excluding hydrogens is 390 g/mol. The van der Waals surface area contributed by atoms with Crippen molar-refractivity contribution in [3.8, 4) is 23.3 Å². The molecule has 0 atom stereocenters. The van der Waals surface area contributed by atoms with Crippen LogP contribution in [0.1, 0.15) is 29.2 Å². The van der Waals surface area contributed by atoms with Crippen LogP contribution in [0.3, 0.4) is 0 Å². The molecule has 0 spiro atoms. The maximum Gasteiger partial charge on any atom is 0.161 e. The first-order valence-corrected chi connectivity index (χ1v) is 10.00. The van der Waals surface area contributed by atoms with Crippen LogP contribution in [0.15, 0.2) is 71.8 Å². The second-order valence-corrected chi connectivity index (χ2v) is 6.64. The van der Waals surface area contributed by atoms with Crippen molar-refractivity contribution in [3.05, 3.63) is 89.0 Å². The first-order chi connectivity index (χ1) is 15.2. The highest BCUT2D eigenvalue weighted by Gasteiger charge is 2.07. The summed E-state index contributed by atoms with van der Waals surface area (Å²) >= 11 is 0. The van der Waals surface area contributed by atoms with Crippen LogP contribution in [-0.2, 0) is 13.2 Å². The van der Waals surface area contributed by atoms with Gasteiger partial charge in [0.2, 0.25) is 0 Å². The summed E-state index contributed by atoms with van der Waals surface area (Å²) in [4.78, 5) is 0. The predicted molar refractivity (Wildman–Crippen MR) is 121 cm³/mol. The largest absolute Gasteiger partial charge is 0.496 e. The SMILES string of the molecule is CCOc1cc(/C=N\NCc2ccccc2OC)ccc1OCc1cccc(C#N)c1. The molecule has 0 saturated heterocycles. The number of nitrogens with zero attached hydrogens (tertiary/aromatic N) is 2. The van der Waals surface area contributed by atoms with Gasteiger partial charge in [0, 0.05) is 5.56 Å². The minimum Gasteiger partial charge on any atom is -0.496 e. The summed E-state index contributed by atoms with van der Waals surface area (Å²) in [7, 11) is 1.65. The molecule has 6 nitrogen and oxygen atoms in total. The van der Waals surface area contributed by atoms with Gasteiger partial charge in [-0.1, -0.05) is 30.3 Å². The van der Waals surface area contributed by atoms with E-state index in [1.54, 1.807) is 19.4 Å². The van der Waals surface area contributed by atoms with Gasteiger partial charge in [-0.2, -0.15) is 10.4 Å². The van der Waals surface area contributed by atoms with Crippen LogP contribution in [-0.4, -0.2) is 19.9 Å². The fourth-order valence-electron chi connectivity index (χ4n) is 2.98. The molecule has 0 bridgehead atoms. The van der Waals surface area contributed by atoms with E-state index < -0.39 is 0 Å². The second kappa shape index (κ2) is 11.3. The number of para-hydroxylation sites is 1. The molecule has 3 rings (SSSR count). The third-order valence-electron chi connectivity index (χ3n) is 4.48. The summed E-state index contributed by atoms with van der Waals surface area (Å²) in [5.74, 6) is 2.11. The molecule has 0 aliphatic carbocycles. The van der Waals surface area contributed by atoms with E-state index >= 15 is 0 Å². The number of hydrogen-bond acceptors (Lipinski definition) is 6. The lowest BCUT2D eigenvalue weighted by molar-refractivity contribution is 0.269. The van der Waals surface area contributed by atoms with Crippen molar-refractivity contribution in [1.29, 1.82) is 5.26 Å². The number of benzene rings is 3. The van der Waals surface area contributed by atoms with Gasteiger partial charge in [-0.05, 0) is 54.4 Å². The van der Waals surface area contributed by atoms with Gasteiger partial charge in [-0.25, -0.2) is 0 Å². The number of hydrazone groups is 1. The number of hydrogen-bond donors (Lipinski definition) is 1. The van der Waals surface area contributed by atoms with Gasteiger partial charge in [-0.3, -0.25) is 0 Å². The fraction of sp³-hybridized carbons (Fsp3) is 0.200. The Balaban J connectivity index is 1.63. The molecule has 1 N–H and O–H groups in total. The second-order valence-electron chi connectivity index (χ2n) is 6.64. The van der Waals surface area contributed by atoms with Crippen LogP contribution in [0.4, 0.5) is 0 Å². The monoisotopic (exact) mass is 415 g/mol. The van der Waals surface area contributed by atoms with Gasteiger partial charge in [0.05, 0.1) is 38.1 Å². The molecule has 158 valence electrons. The number of ether oxygens (including phenoxy) is 3. The Morgan fingerprint density at radius 3 is 2.65 bits per heavy atom. The molecule has 3 aromatic carbocycles. The third kappa shape index (κ3) is 6.25. The summed E-state index contributed by atoms with van der Waals surface area (Å²) in [6.07, 6.45) is 1.73. The van der Waals surface area contributed by atoms with Crippen molar-refractivity contribution in [2.45, 2.75) is 20.1 Å². The number of methoxy groups -OCH3 is 1. The maximum absolute atomic E-state index is 9.04. The molecule has 31 heavy (non-hydrogen) atoms. The molecule has 6 heteroatoms. The van der Waals surface area contributed by atoms with E-state index in [2.05, 4.69) is 16.6 Å². The standard InChI is InChI=1S/C25H25N3O3/c1-3-30-25-14-20(16-27-28-17-22-9-4-5-10-23(22)29-2)11-12-24(25)31-18-21-8-6-7-19(13-21)15-26/h4-14,16,28H,3,17-18H2,1-2H3/b27-16-. The zero-order valence-corrected chi connectivity index (χ0v) is 17.7. The Kier molecular flexibility index (Phi) is 7.90. The highest BCUT2D eigenvalue weighted by molar-refractivity contribution is 5.80. The Morgan fingerprint density at radius 2 is 1.84 bits per heavy atom. The molecule has 0 aliphatic heterocycles. The molecule has 0 aromatic heterocycles. The third-order valence-corrected chi connectivity index (χ3v) is 4.48. The van der Waals surface area contributed by atoms with Gasteiger partial charge >= 0.3 is 0 Å². The van der Waals surface area contributed by atoms with Crippen molar-refractivity contribution in [3.63, 3.8) is 0 Å². The summed E-state index contributed by atoms with van der Waals surface area (Å²) < 4.78 is 17.0. The lowest BCUT2D eigenvalue weighted by Gasteiger charge is -2.13. The van der Waals surface area contributed by atoms with Crippen LogP contribution in [0.2, 0.25) is 0 Å². The van der Waals surface area contributed by atoms with Crippen LogP contribution in [0.5, 0.6) is 17.2 Å². The van der Waals surface area contributed by atoms with Gasteiger partial charge in [0.1, 0.15) is 12.4 Å². The average molecular weight is 415 g/mol. The van der Waals surface area contributed by atoms with Crippen molar-refractivity contribution >= 4 is 6.21 Å².